The zero-order chi connectivity index (χ0) is 38.3. The molecule has 3 heterocycles. The summed E-state index contributed by atoms with van der Waals surface area (Å²) in [5.41, 5.74) is 20.2. The van der Waals surface area contributed by atoms with Crippen molar-refractivity contribution in [3.63, 3.8) is 0 Å². The number of nitrogens with one attached hydrogen (secondary N) is 4. The number of nitrogens with two attached hydrogens (primary N) is 3. The van der Waals surface area contributed by atoms with E-state index in [1.807, 2.05) is 36.4 Å². The molecule has 10 N–H and O–H groups in total. The minimum Gasteiger partial charge on any atom is -0.399 e. The number of hydrogen-bond donors (Lipinski definition) is 7. The number of nitro groups is 2. The molecule has 3 aromatic heterocycles. The van der Waals surface area contributed by atoms with Crippen molar-refractivity contribution in [2.24, 2.45) is 23.3 Å². The van der Waals surface area contributed by atoms with Crippen LogP contribution in [0.15, 0.2) is 61.2 Å². The summed E-state index contributed by atoms with van der Waals surface area (Å²) in [7, 11) is 0. The Balaban J connectivity index is 0.000000208. The lowest BCUT2D eigenvalue weighted by atomic mass is 9.86. The molecule has 0 bridgehead atoms. The van der Waals surface area contributed by atoms with Gasteiger partial charge in [0.2, 0.25) is 23.5 Å². The van der Waals surface area contributed by atoms with Crippen LogP contribution in [-0.4, -0.2) is 66.5 Å². The summed E-state index contributed by atoms with van der Waals surface area (Å²) in [6.45, 7) is 2.42. The van der Waals surface area contributed by atoms with Gasteiger partial charge in [0.1, 0.15) is 12.4 Å². The van der Waals surface area contributed by atoms with Crippen LogP contribution in [0.1, 0.15) is 62.5 Å². The second kappa shape index (κ2) is 19.9. The first kappa shape index (κ1) is 39.5. The average Bonchev–Trinajstić information content (AvgIpc) is 3.18. The summed E-state index contributed by atoms with van der Waals surface area (Å²) in [5, 5.41) is 35.0. The second-order valence-corrected chi connectivity index (χ2v) is 13.8. The number of hydrogen-bond acceptors (Lipinski definition) is 16. The Labute approximate surface area is 313 Å². The van der Waals surface area contributed by atoms with Gasteiger partial charge < -0.3 is 38.5 Å². The summed E-state index contributed by atoms with van der Waals surface area (Å²) in [6, 6.07) is 11.9. The van der Waals surface area contributed by atoms with Gasteiger partial charge >= 0.3 is 11.4 Å². The smallest absolute Gasteiger partial charge is 0.329 e. The normalized spacial score (nSPS) is 19.4. The minimum atomic E-state index is -0.469. The summed E-state index contributed by atoms with van der Waals surface area (Å²) in [5.74, 6) is 2.13. The fourth-order valence-electron chi connectivity index (χ4n) is 6.40. The molecular weight excluding hydrogens is 692 g/mol. The fourth-order valence-corrected chi connectivity index (χ4v) is 6.40. The molecule has 0 aliphatic heterocycles. The summed E-state index contributed by atoms with van der Waals surface area (Å²) >= 11 is 0. The molecule has 0 amide bonds. The Morgan fingerprint density at radius 3 is 1.61 bits per heavy atom. The van der Waals surface area contributed by atoms with E-state index in [4.69, 9.17) is 17.2 Å². The molecule has 2 aliphatic rings. The van der Waals surface area contributed by atoms with Crippen LogP contribution in [0.5, 0.6) is 0 Å². The van der Waals surface area contributed by atoms with Gasteiger partial charge in [0.15, 0.2) is 0 Å². The zero-order valence-corrected chi connectivity index (χ0v) is 30.3. The van der Waals surface area contributed by atoms with E-state index in [-0.39, 0.29) is 35.1 Å². The molecule has 1 aromatic carbocycles. The molecule has 0 unspecified atom stereocenters. The van der Waals surface area contributed by atoms with E-state index in [0.29, 0.717) is 55.6 Å². The van der Waals surface area contributed by atoms with Gasteiger partial charge in [-0.25, -0.2) is 9.97 Å². The van der Waals surface area contributed by atoms with Crippen LogP contribution in [0, 0.1) is 32.1 Å². The van der Waals surface area contributed by atoms with Crippen molar-refractivity contribution in [1.29, 1.82) is 0 Å². The number of rotatable bonds is 15. The van der Waals surface area contributed by atoms with Crippen LogP contribution in [0.25, 0.3) is 0 Å². The number of benzene rings is 1. The molecular formula is C36H50N14O4. The Kier molecular flexibility index (Phi) is 14.5. The van der Waals surface area contributed by atoms with Gasteiger partial charge in [0, 0.05) is 56.3 Å². The van der Waals surface area contributed by atoms with E-state index in [1.165, 1.54) is 12.4 Å². The lowest BCUT2D eigenvalue weighted by Gasteiger charge is -2.26. The van der Waals surface area contributed by atoms with Crippen LogP contribution in [0.2, 0.25) is 0 Å². The molecule has 288 valence electrons. The number of pyridine rings is 1. The van der Waals surface area contributed by atoms with Gasteiger partial charge in [-0.3, -0.25) is 25.2 Å². The highest BCUT2D eigenvalue weighted by atomic mass is 16.6. The van der Waals surface area contributed by atoms with Crippen molar-refractivity contribution < 1.29 is 9.85 Å². The maximum absolute atomic E-state index is 11.3. The van der Waals surface area contributed by atoms with Gasteiger partial charge in [0.05, 0.1) is 9.85 Å². The highest BCUT2D eigenvalue weighted by Gasteiger charge is 2.23. The van der Waals surface area contributed by atoms with Crippen molar-refractivity contribution in [1.82, 2.24) is 24.9 Å². The fraction of sp³-hybridized carbons (Fsp3) is 0.472. The number of anilines is 5. The summed E-state index contributed by atoms with van der Waals surface area (Å²) < 4.78 is 0. The van der Waals surface area contributed by atoms with Crippen LogP contribution >= 0.6 is 0 Å². The lowest BCUT2D eigenvalue weighted by Crippen LogP contribution is -2.29. The molecule has 0 saturated heterocycles. The van der Waals surface area contributed by atoms with Gasteiger partial charge in [-0.15, -0.1) is 0 Å². The molecule has 0 atom stereocenters. The molecule has 54 heavy (non-hydrogen) atoms. The lowest BCUT2D eigenvalue weighted by molar-refractivity contribution is -0.384. The predicted octanol–water partition coefficient (Wildman–Crippen LogP) is 4.87. The van der Waals surface area contributed by atoms with E-state index in [1.54, 1.807) is 12.4 Å². The monoisotopic (exact) mass is 742 g/mol. The SMILES string of the molecule is NC1CCC(CNc2nc(NCCc3ccncc3)ncc2[N+](=O)[O-])CC1.Nc1ccc(CNc2ncc([N+](=O)[O-])c(NCC3CCC(N)CC3)n2)cc1. The molecule has 6 rings (SSSR count). The van der Waals surface area contributed by atoms with E-state index in [0.717, 1.165) is 68.9 Å². The Morgan fingerprint density at radius 2 is 1.13 bits per heavy atom. The van der Waals surface area contributed by atoms with E-state index in [2.05, 4.69) is 46.2 Å². The Bertz CT molecular complexity index is 1780. The molecule has 4 aromatic rings. The molecule has 18 heteroatoms. The summed E-state index contributed by atoms with van der Waals surface area (Å²) in [6.07, 6.45) is 14.9. The third-order valence-electron chi connectivity index (χ3n) is 9.71. The van der Waals surface area contributed by atoms with E-state index in [9.17, 15) is 20.2 Å². The number of nitrogens with zero attached hydrogens (tertiary/aromatic N) is 7. The van der Waals surface area contributed by atoms with Gasteiger partial charge in [-0.2, -0.15) is 9.97 Å². The second-order valence-electron chi connectivity index (χ2n) is 13.8. The van der Waals surface area contributed by atoms with E-state index >= 15 is 0 Å². The maximum atomic E-state index is 11.3. The topological polar surface area (TPSA) is 277 Å². The van der Waals surface area contributed by atoms with Crippen molar-refractivity contribution in [3.05, 3.63) is 92.5 Å². The van der Waals surface area contributed by atoms with Gasteiger partial charge in [0.25, 0.3) is 0 Å². The third-order valence-corrected chi connectivity index (χ3v) is 9.71. The Morgan fingerprint density at radius 1 is 0.648 bits per heavy atom. The largest absolute Gasteiger partial charge is 0.399 e. The predicted molar refractivity (Wildman–Crippen MR) is 209 cm³/mol. The Hall–Kier alpha value is -5.75. The van der Waals surface area contributed by atoms with Crippen molar-refractivity contribution in [3.8, 4) is 0 Å². The van der Waals surface area contributed by atoms with Gasteiger partial charge in [-0.1, -0.05) is 12.1 Å². The third kappa shape index (κ3) is 12.4. The average molecular weight is 743 g/mol. The standard InChI is InChI=1S/2C18H25N7O2/c19-14-5-1-12(2-6-14)9-21-17-16(25(26)27)11-23-18(24-17)22-10-13-3-7-15(20)8-4-13;19-15-3-1-14(2-4-15)11-22-17-16(25(26)27)12-23-18(24-17)21-10-7-13-5-8-20-9-6-13/h3-4,7-8,11-12,14H,1-2,5-6,9-10,19-20H2,(H2,21,22,23,24);5-6,8-9,12,14-15H,1-4,7,10-11,19H2,(H2,21,22,23,24). The van der Waals surface area contributed by atoms with Crippen LogP contribution in [-0.2, 0) is 13.0 Å². The quantitative estimate of drug-likeness (QED) is 0.0486. The van der Waals surface area contributed by atoms with E-state index < -0.39 is 9.85 Å². The van der Waals surface area contributed by atoms with Crippen LogP contribution < -0.4 is 38.5 Å². The minimum absolute atomic E-state index is 0.109. The van der Waals surface area contributed by atoms with Crippen molar-refractivity contribution in [2.45, 2.75) is 76.4 Å². The summed E-state index contributed by atoms with van der Waals surface area (Å²) in [4.78, 5) is 42.3. The highest BCUT2D eigenvalue weighted by molar-refractivity contribution is 5.58. The molecule has 18 nitrogen and oxygen atoms in total. The first-order valence-corrected chi connectivity index (χ1v) is 18.4. The van der Waals surface area contributed by atoms with Crippen LogP contribution in [0.4, 0.5) is 40.6 Å². The van der Waals surface area contributed by atoms with Crippen molar-refractivity contribution >= 4 is 40.6 Å². The molecule has 2 aliphatic carbocycles. The van der Waals surface area contributed by atoms with Crippen molar-refractivity contribution in [2.75, 3.05) is 46.6 Å². The zero-order valence-electron chi connectivity index (χ0n) is 30.3. The number of nitrogen functional groups attached to an aromatic ring is 1. The molecule has 0 spiro atoms. The first-order chi connectivity index (χ1) is 26.1. The maximum Gasteiger partial charge on any atom is 0.329 e. The molecule has 2 saturated carbocycles. The number of aromatic nitrogens is 5. The molecule has 2 fully saturated rings. The molecule has 0 radical (unpaired) electrons. The van der Waals surface area contributed by atoms with Crippen LogP contribution in [0.3, 0.4) is 0 Å². The van der Waals surface area contributed by atoms with Gasteiger partial charge in [-0.05, 0) is 105 Å². The highest BCUT2D eigenvalue weighted by Crippen LogP contribution is 2.28. The first-order valence-electron chi connectivity index (χ1n) is 18.4.